The maximum atomic E-state index is 13.4. The number of ether oxygens (including phenoxy) is 1. The fourth-order valence-corrected chi connectivity index (χ4v) is 4.40. The average molecular weight is 639 g/mol. The molecule has 2 fully saturated rings. The lowest BCUT2D eigenvalue weighted by molar-refractivity contribution is -0.193. The molecule has 1 amide bonds. The molecule has 0 aliphatic carbocycles. The van der Waals surface area contributed by atoms with Gasteiger partial charge in [-0.25, -0.2) is 24.5 Å². The van der Waals surface area contributed by atoms with Gasteiger partial charge in [-0.15, -0.1) is 0 Å². The quantitative estimate of drug-likeness (QED) is 0.344. The molecule has 4 rings (SSSR count). The lowest BCUT2D eigenvalue weighted by Gasteiger charge is -2.37. The van der Waals surface area contributed by atoms with E-state index in [0.29, 0.717) is 18.3 Å². The minimum Gasteiger partial charge on any atom is -0.477 e. The number of halogens is 6. The van der Waals surface area contributed by atoms with Gasteiger partial charge in [-0.05, 0) is 65.0 Å². The van der Waals surface area contributed by atoms with E-state index < -0.39 is 29.7 Å². The predicted octanol–water partition coefficient (Wildman–Crippen LogP) is 2.65. The van der Waals surface area contributed by atoms with Gasteiger partial charge in [0.1, 0.15) is 0 Å². The third-order valence-corrected chi connectivity index (χ3v) is 6.60. The van der Waals surface area contributed by atoms with E-state index in [-0.39, 0.29) is 11.9 Å². The van der Waals surface area contributed by atoms with Crippen LogP contribution in [0, 0.1) is 0 Å². The summed E-state index contributed by atoms with van der Waals surface area (Å²) in [6, 6.07) is 3.95. The molecule has 4 N–H and O–H groups in total. The molecule has 0 bridgehead atoms. The van der Waals surface area contributed by atoms with Gasteiger partial charge in [-0.2, -0.15) is 26.3 Å². The first-order chi connectivity index (χ1) is 20.5. The molecule has 2 aromatic rings. The molecule has 12 nitrogen and oxygen atoms in total. The largest absolute Gasteiger partial charge is 0.490 e. The summed E-state index contributed by atoms with van der Waals surface area (Å²) >= 11 is 0. The smallest absolute Gasteiger partial charge is 0.477 e. The second kappa shape index (κ2) is 15.6. The van der Waals surface area contributed by atoms with E-state index in [9.17, 15) is 31.1 Å². The zero-order valence-corrected chi connectivity index (χ0v) is 23.7. The van der Waals surface area contributed by atoms with Gasteiger partial charge < -0.3 is 30.5 Å². The molecule has 2 aromatic heterocycles. The standard InChI is InChI=1S/C22H30N6O2.2C2HF3O2/c1-3-30-20-18(5-4-9-24-20)19-25-13-16(14-26-19)22(7-10-23-11-8-22)21(29)27-17-6-12-28(2)15-17;2*3-2(4,5)1(6)7/h4-5,9,13-14,17,23H,3,6-8,10-12,15H2,1-2H3,(H,27,29);2*(H,6,7)/t17-;;/m0../s1. The zero-order chi connectivity index (χ0) is 33.1. The van der Waals surface area contributed by atoms with Crippen LogP contribution in [0.5, 0.6) is 5.88 Å². The highest BCUT2D eigenvalue weighted by Gasteiger charge is 2.43. The third-order valence-electron chi connectivity index (χ3n) is 6.60. The molecule has 1 atom stereocenters. The van der Waals surface area contributed by atoms with Gasteiger partial charge in [0.05, 0.1) is 17.6 Å². The molecule has 4 heterocycles. The normalized spacial score (nSPS) is 18.1. The number of likely N-dealkylation sites (N-methyl/N-ethyl adjacent to an activating group) is 1. The number of carboxylic acids is 2. The molecule has 0 radical (unpaired) electrons. The highest BCUT2D eigenvalue weighted by molar-refractivity contribution is 5.88. The first-order valence-electron chi connectivity index (χ1n) is 13.2. The Morgan fingerprint density at radius 3 is 2.05 bits per heavy atom. The number of likely N-dealkylation sites (tertiary alicyclic amines) is 1. The van der Waals surface area contributed by atoms with E-state index in [2.05, 4.69) is 37.5 Å². The number of carbonyl (C=O) groups excluding carboxylic acids is 1. The second-order valence-electron chi connectivity index (χ2n) is 9.74. The molecule has 44 heavy (non-hydrogen) atoms. The number of pyridine rings is 1. The summed E-state index contributed by atoms with van der Waals surface area (Å²) in [5, 5.41) is 20.9. The number of amides is 1. The van der Waals surface area contributed by atoms with Crippen molar-refractivity contribution in [1.82, 2.24) is 30.5 Å². The van der Waals surface area contributed by atoms with Crippen LogP contribution < -0.4 is 15.4 Å². The highest BCUT2D eigenvalue weighted by Crippen LogP contribution is 2.35. The molecule has 2 aliphatic heterocycles. The number of aliphatic carboxylic acids is 2. The molecule has 0 aromatic carbocycles. The number of hydrogen-bond acceptors (Lipinski definition) is 9. The topological polar surface area (TPSA) is 167 Å². The van der Waals surface area contributed by atoms with E-state index in [0.717, 1.165) is 56.6 Å². The van der Waals surface area contributed by atoms with Crippen LogP contribution in [0.25, 0.3) is 11.4 Å². The maximum absolute atomic E-state index is 13.4. The molecular weight excluding hydrogens is 606 g/mol. The van der Waals surface area contributed by atoms with Crippen molar-refractivity contribution in [3.8, 4) is 17.3 Å². The van der Waals surface area contributed by atoms with Crippen LogP contribution in [-0.4, -0.2) is 106 Å². The summed E-state index contributed by atoms with van der Waals surface area (Å²) in [6.45, 7) is 5.97. The fourth-order valence-electron chi connectivity index (χ4n) is 4.40. The number of carbonyl (C=O) groups is 3. The lowest BCUT2D eigenvalue weighted by Crippen LogP contribution is -2.53. The number of alkyl halides is 6. The fraction of sp³-hybridized carbons (Fsp3) is 0.538. The molecule has 18 heteroatoms. The number of rotatable bonds is 6. The molecule has 0 unspecified atom stereocenters. The molecule has 2 aliphatic rings. The van der Waals surface area contributed by atoms with Crippen molar-refractivity contribution in [2.75, 3.05) is 39.8 Å². The molecule has 0 spiro atoms. The minimum absolute atomic E-state index is 0.0945. The van der Waals surface area contributed by atoms with Crippen LogP contribution in [0.4, 0.5) is 26.3 Å². The van der Waals surface area contributed by atoms with E-state index >= 15 is 0 Å². The Labute approximate surface area is 247 Å². The first-order valence-corrected chi connectivity index (χ1v) is 13.2. The minimum atomic E-state index is -5.08. The second-order valence-corrected chi connectivity index (χ2v) is 9.74. The van der Waals surface area contributed by atoms with Crippen LogP contribution in [0.1, 0.15) is 31.7 Å². The van der Waals surface area contributed by atoms with E-state index in [1.54, 1.807) is 18.6 Å². The van der Waals surface area contributed by atoms with Crippen molar-refractivity contribution in [3.05, 3.63) is 36.3 Å². The lowest BCUT2D eigenvalue weighted by atomic mass is 9.73. The highest BCUT2D eigenvalue weighted by atomic mass is 19.4. The number of aromatic nitrogens is 3. The number of carboxylic acid groups (broad SMARTS) is 2. The molecular formula is C26H32F6N6O6. The van der Waals surface area contributed by atoms with Crippen molar-refractivity contribution < 1.29 is 55.7 Å². The Kier molecular flexibility index (Phi) is 12.8. The van der Waals surface area contributed by atoms with Crippen molar-refractivity contribution in [2.24, 2.45) is 0 Å². The Balaban J connectivity index is 0.000000402. The number of hydrogen-bond donors (Lipinski definition) is 4. The SMILES string of the molecule is CCOc1ncccc1-c1ncc(C2(C(=O)N[C@H]3CCN(C)C3)CCNCC2)cn1.O=C(O)C(F)(F)F.O=C(O)C(F)(F)F. The van der Waals surface area contributed by atoms with Crippen molar-refractivity contribution >= 4 is 17.8 Å². The molecule has 0 saturated carbocycles. The van der Waals surface area contributed by atoms with Gasteiger partial charge in [-0.1, -0.05) is 0 Å². The molecule has 2 saturated heterocycles. The maximum Gasteiger partial charge on any atom is 0.490 e. The van der Waals surface area contributed by atoms with E-state index in [4.69, 9.17) is 24.5 Å². The molecule has 244 valence electrons. The average Bonchev–Trinajstić information content (AvgIpc) is 3.38. The van der Waals surface area contributed by atoms with Crippen molar-refractivity contribution in [1.29, 1.82) is 0 Å². The van der Waals surface area contributed by atoms with Gasteiger partial charge in [-0.3, -0.25) is 4.79 Å². The Hall–Kier alpha value is -4.06. The summed E-state index contributed by atoms with van der Waals surface area (Å²) in [4.78, 5) is 47.0. The van der Waals surface area contributed by atoms with E-state index in [1.807, 2.05) is 19.1 Å². The van der Waals surface area contributed by atoms with Gasteiger partial charge >= 0.3 is 24.3 Å². The summed E-state index contributed by atoms with van der Waals surface area (Å²) in [5.74, 6) is -4.35. The van der Waals surface area contributed by atoms with Crippen LogP contribution in [0.3, 0.4) is 0 Å². The summed E-state index contributed by atoms with van der Waals surface area (Å²) < 4.78 is 69.1. The summed E-state index contributed by atoms with van der Waals surface area (Å²) in [5.41, 5.74) is 1.03. The third kappa shape index (κ3) is 10.3. The van der Waals surface area contributed by atoms with Crippen molar-refractivity contribution in [2.45, 2.75) is 50.0 Å². The predicted molar refractivity (Wildman–Crippen MR) is 142 cm³/mol. The number of nitrogens with zero attached hydrogens (tertiary/aromatic N) is 4. The van der Waals surface area contributed by atoms with Crippen LogP contribution >= 0.6 is 0 Å². The van der Waals surface area contributed by atoms with Crippen LogP contribution in [0.2, 0.25) is 0 Å². The van der Waals surface area contributed by atoms with Crippen molar-refractivity contribution in [3.63, 3.8) is 0 Å². The monoisotopic (exact) mass is 638 g/mol. The van der Waals surface area contributed by atoms with Gasteiger partial charge in [0.2, 0.25) is 11.8 Å². The number of piperidine rings is 1. The van der Waals surface area contributed by atoms with E-state index in [1.165, 1.54) is 0 Å². The summed E-state index contributed by atoms with van der Waals surface area (Å²) in [6.07, 6.45) is -2.40. The Morgan fingerprint density at radius 1 is 1.05 bits per heavy atom. The Bertz CT molecular complexity index is 1230. The zero-order valence-electron chi connectivity index (χ0n) is 23.7. The van der Waals surface area contributed by atoms with Crippen LogP contribution in [-0.2, 0) is 19.8 Å². The number of nitrogens with one attached hydrogen (secondary N) is 2. The summed E-state index contributed by atoms with van der Waals surface area (Å²) in [7, 11) is 2.09. The van der Waals surface area contributed by atoms with Gasteiger partial charge in [0.15, 0.2) is 5.82 Å². The first kappa shape index (κ1) is 36.1. The Morgan fingerprint density at radius 2 is 1.59 bits per heavy atom. The van der Waals surface area contributed by atoms with Crippen LogP contribution in [0.15, 0.2) is 30.7 Å². The van der Waals surface area contributed by atoms with Gasteiger partial charge in [0, 0.05) is 36.7 Å². The van der Waals surface area contributed by atoms with Gasteiger partial charge in [0.25, 0.3) is 0 Å².